The number of aliphatic hydroxyl groups excluding tert-OH is 1. The highest BCUT2D eigenvalue weighted by Crippen LogP contribution is 2.33. The summed E-state index contributed by atoms with van der Waals surface area (Å²) in [5, 5.41) is 9.21. The molecular weight excluding hydrogens is 229 g/mol. The summed E-state index contributed by atoms with van der Waals surface area (Å²) in [5.41, 5.74) is 0.0131. The fourth-order valence-corrected chi connectivity index (χ4v) is 1.25. The first-order chi connectivity index (χ1) is 7.82. The highest BCUT2D eigenvalue weighted by Gasteiger charge is 2.40. The molecule has 0 radical (unpaired) electrons. The Morgan fingerprint density at radius 1 is 1.18 bits per heavy atom. The molecule has 1 N–H and O–H groups in total. The van der Waals surface area contributed by atoms with Gasteiger partial charge in [0.15, 0.2) is 6.10 Å². The summed E-state index contributed by atoms with van der Waals surface area (Å²) in [6, 6.07) is 5.75. The van der Waals surface area contributed by atoms with Crippen molar-refractivity contribution in [3.63, 3.8) is 0 Å². The van der Waals surface area contributed by atoms with Crippen molar-refractivity contribution in [2.45, 2.75) is 26.1 Å². The Hall–Kier alpha value is -1.47. The molecule has 0 saturated heterocycles. The van der Waals surface area contributed by atoms with Gasteiger partial charge in [-0.15, -0.1) is 0 Å². The number of hydrogen-bond acceptors (Lipinski definition) is 1. The van der Waals surface area contributed by atoms with E-state index < -0.39 is 12.3 Å². The smallest absolute Gasteiger partial charge is 0.379 e. The average molecular weight is 242 g/mol. The van der Waals surface area contributed by atoms with Gasteiger partial charge in [0, 0.05) is 17.0 Å². The molecule has 0 aliphatic heterocycles. The zero-order valence-electron chi connectivity index (χ0n) is 9.55. The van der Waals surface area contributed by atoms with E-state index in [1.165, 1.54) is 18.2 Å². The van der Waals surface area contributed by atoms with E-state index >= 15 is 0 Å². The maximum absolute atomic E-state index is 12.4. The number of aliphatic hydroxyl groups is 1. The monoisotopic (exact) mass is 242 g/mol. The molecule has 1 aromatic carbocycles. The lowest BCUT2D eigenvalue weighted by molar-refractivity contribution is -0.206. The lowest BCUT2D eigenvalue weighted by atomic mass is 10.0. The summed E-state index contributed by atoms with van der Waals surface area (Å²) in [5.74, 6) is 5.50. The van der Waals surface area contributed by atoms with Gasteiger partial charge in [0.25, 0.3) is 0 Å². The SMILES string of the molecule is CC(C)C#Cc1ccccc1C(O)C(F)(F)F. The van der Waals surface area contributed by atoms with Gasteiger partial charge in [0.05, 0.1) is 0 Å². The molecule has 0 heterocycles. The second-order valence-corrected chi connectivity index (χ2v) is 3.96. The maximum atomic E-state index is 12.4. The van der Waals surface area contributed by atoms with E-state index in [4.69, 9.17) is 0 Å². The van der Waals surface area contributed by atoms with Crippen LogP contribution < -0.4 is 0 Å². The Kier molecular flexibility index (Phi) is 4.19. The molecule has 0 aromatic heterocycles. The van der Waals surface area contributed by atoms with Crippen LogP contribution in [0.3, 0.4) is 0 Å². The van der Waals surface area contributed by atoms with Crippen molar-refractivity contribution in [1.29, 1.82) is 0 Å². The number of rotatable bonds is 1. The zero-order valence-corrected chi connectivity index (χ0v) is 9.55. The Morgan fingerprint density at radius 3 is 2.29 bits per heavy atom. The van der Waals surface area contributed by atoms with E-state index in [2.05, 4.69) is 11.8 Å². The van der Waals surface area contributed by atoms with Gasteiger partial charge in [-0.3, -0.25) is 0 Å². The molecule has 0 aliphatic rings. The maximum Gasteiger partial charge on any atom is 0.418 e. The normalized spacial score (nSPS) is 13.1. The van der Waals surface area contributed by atoms with Crippen molar-refractivity contribution in [1.82, 2.24) is 0 Å². The lowest BCUT2D eigenvalue weighted by Crippen LogP contribution is -2.21. The molecule has 1 aromatic rings. The third kappa shape index (κ3) is 3.79. The second-order valence-electron chi connectivity index (χ2n) is 3.96. The molecule has 1 atom stereocenters. The quantitative estimate of drug-likeness (QED) is 0.749. The van der Waals surface area contributed by atoms with Gasteiger partial charge < -0.3 is 5.11 Å². The molecule has 17 heavy (non-hydrogen) atoms. The van der Waals surface area contributed by atoms with Crippen LogP contribution in [0.1, 0.15) is 31.1 Å². The number of alkyl halides is 3. The summed E-state index contributed by atoms with van der Waals surface area (Å²) in [4.78, 5) is 0. The average Bonchev–Trinajstić information content (AvgIpc) is 2.24. The van der Waals surface area contributed by atoms with Crippen LogP contribution in [0, 0.1) is 17.8 Å². The molecule has 4 heteroatoms. The first-order valence-electron chi connectivity index (χ1n) is 5.17. The summed E-state index contributed by atoms with van der Waals surface area (Å²) < 4.78 is 37.2. The van der Waals surface area contributed by atoms with Crippen LogP contribution in [0.4, 0.5) is 13.2 Å². The van der Waals surface area contributed by atoms with E-state index in [-0.39, 0.29) is 17.0 Å². The third-order valence-electron chi connectivity index (χ3n) is 2.06. The molecule has 92 valence electrons. The molecule has 0 saturated carbocycles. The van der Waals surface area contributed by atoms with E-state index in [1.54, 1.807) is 6.07 Å². The minimum absolute atomic E-state index is 0.0612. The molecule has 0 fully saturated rings. The predicted octanol–water partition coefficient (Wildman–Crippen LogP) is 3.29. The first kappa shape index (κ1) is 13.6. The number of hydrogen-bond donors (Lipinski definition) is 1. The van der Waals surface area contributed by atoms with Crippen LogP contribution in [-0.2, 0) is 0 Å². The van der Waals surface area contributed by atoms with E-state index in [0.717, 1.165) is 0 Å². The van der Waals surface area contributed by atoms with Gasteiger partial charge in [0.1, 0.15) is 0 Å². The van der Waals surface area contributed by atoms with Gasteiger partial charge in [0.2, 0.25) is 0 Å². The van der Waals surface area contributed by atoms with Crippen molar-refractivity contribution >= 4 is 0 Å². The minimum Gasteiger partial charge on any atom is -0.379 e. The summed E-state index contributed by atoms with van der Waals surface area (Å²) in [6.07, 6.45) is -7.16. The van der Waals surface area contributed by atoms with Crippen LogP contribution in [0.15, 0.2) is 24.3 Å². The molecule has 1 nitrogen and oxygen atoms in total. The van der Waals surface area contributed by atoms with Gasteiger partial charge in [-0.25, -0.2) is 0 Å². The fraction of sp³-hybridized carbons (Fsp3) is 0.385. The molecule has 0 spiro atoms. The summed E-state index contributed by atoms with van der Waals surface area (Å²) in [6.45, 7) is 3.69. The van der Waals surface area contributed by atoms with Crippen LogP contribution in [0.2, 0.25) is 0 Å². The minimum atomic E-state index is -4.67. The molecule has 0 amide bonds. The van der Waals surface area contributed by atoms with Crippen molar-refractivity contribution in [3.05, 3.63) is 35.4 Å². The van der Waals surface area contributed by atoms with Crippen molar-refractivity contribution in [3.8, 4) is 11.8 Å². The van der Waals surface area contributed by atoms with Gasteiger partial charge >= 0.3 is 6.18 Å². The lowest BCUT2D eigenvalue weighted by Gasteiger charge is -2.16. The van der Waals surface area contributed by atoms with Crippen LogP contribution >= 0.6 is 0 Å². The number of benzene rings is 1. The highest BCUT2D eigenvalue weighted by atomic mass is 19.4. The van der Waals surface area contributed by atoms with Crippen LogP contribution in [-0.4, -0.2) is 11.3 Å². The van der Waals surface area contributed by atoms with Crippen molar-refractivity contribution < 1.29 is 18.3 Å². The van der Waals surface area contributed by atoms with Gasteiger partial charge in [-0.1, -0.05) is 43.9 Å². The van der Waals surface area contributed by atoms with E-state index in [9.17, 15) is 18.3 Å². The summed E-state index contributed by atoms with van der Waals surface area (Å²) in [7, 11) is 0. The Morgan fingerprint density at radius 2 is 1.76 bits per heavy atom. The Labute approximate surface area is 98.3 Å². The zero-order chi connectivity index (χ0) is 13.1. The molecule has 1 unspecified atom stereocenters. The van der Waals surface area contributed by atoms with Crippen LogP contribution in [0.25, 0.3) is 0 Å². The standard InChI is InChI=1S/C13H13F3O/c1-9(2)7-8-10-5-3-4-6-11(10)12(17)13(14,15)16/h3-6,9,12,17H,1-2H3. The summed E-state index contributed by atoms with van der Waals surface area (Å²) >= 11 is 0. The van der Waals surface area contributed by atoms with Crippen molar-refractivity contribution in [2.75, 3.05) is 0 Å². The third-order valence-corrected chi connectivity index (χ3v) is 2.06. The molecule has 0 bridgehead atoms. The Bertz CT molecular complexity index is 438. The van der Waals surface area contributed by atoms with Crippen molar-refractivity contribution in [2.24, 2.45) is 5.92 Å². The van der Waals surface area contributed by atoms with E-state index in [1.807, 2.05) is 13.8 Å². The molecule has 1 rings (SSSR count). The van der Waals surface area contributed by atoms with Gasteiger partial charge in [-0.2, -0.15) is 13.2 Å². The van der Waals surface area contributed by atoms with E-state index in [0.29, 0.717) is 0 Å². The fourth-order valence-electron chi connectivity index (χ4n) is 1.25. The highest BCUT2D eigenvalue weighted by molar-refractivity contribution is 5.43. The topological polar surface area (TPSA) is 20.2 Å². The predicted molar refractivity (Wildman–Crippen MR) is 59.2 cm³/mol. The first-order valence-corrected chi connectivity index (χ1v) is 5.17. The van der Waals surface area contributed by atoms with Gasteiger partial charge in [-0.05, 0) is 6.07 Å². The second kappa shape index (κ2) is 5.24. The van der Waals surface area contributed by atoms with Crippen LogP contribution in [0.5, 0.6) is 0 Å². The largest absolute Gasteiger partial charge is 0.418 e. The molecule has 0 aliphatic carbocycles. The molecular formula is C13H13F3O. The number of halogens is 3. The Balaban J connectivity index is 3.14.